The van der Waals surface area contributed by atoms with Gasteiger partial charge in [0, 0.05) is 6.42 Å². The van der Waals surface area contributed by atoms with E-state index in [0.717, 1.165) is 38.5 Å². The first-order valence-electron chi connectivity index (χ1n) is 12.3. The van der Waals surface area contributed by atoms with Crippen molar-refractivity contribution in [1.29, 1.82) is 0 Å². The third-order valence-corrected chi connectivity index (χ3v) is 5.26. The van der Waals surface area contributed by atoms with Crippen LogP contribution in [0.3, 0.4) is 0 Å². The highest BCUT2D eigenvalue weighted by atomic mass is 16.5. The molecule has 0 saturated carbocycles. The second-order valence-electron chi connectivity index (χ2n) is 8.38. The van der Waals surface area contributed by atoms with Crippen molar-refractivity contribution in [3.63, 3.8) is 0 Å². The molecule has 1 amide bonds. The van der Waals surface area contributed by atoms with Gasteiger partial charge < -0.3 is 19.9 Å². The second-order valence-corrected chi connectivity index (χ2v) is 8.38. The zero-order valence-corrected chi connectivity index (χ0v) is 20.9. The van der Waals surface area contributed by atoms with Gasteiger partial charge in [0.15, 0.2) is 0 Å². The lowest BCUT2D eigenvalue weighted by Gasteiger charge is -2.15. The molecular weight excluding hydrogens is 422 g/mol. The van der Waals surface area contributed by atoms with Gasteiger partial charge >= 0.3 is 11.9 Å². The third kappa shape index (κ3) is 20.2. The van der Waals surface area contributed by atoms with Crippen LogP contribution in [0.25, 0.3) is 0 Å². The van der Waals surface area contributed by atoms with Crippen LogP contribution >= 0.6 is 0 Å². The molecule has 2 atom stereocenters. The fourth-order valence-electron chi connectivity index (χ4n) is 3.29. The number of hydrogen-bond acceptors (Lipinski definition) is 6. The van der Waals surface area contributed by atoms with Gasteiger partial charge in [-0.1, -0.05) is 43.6 Å². The van der Waals surface area contributed by atoms with E-state index in [1.165, 1.54) is 46.3 Å². The third-order valence-electron chi connectivity index (χ3n) is 5.26. The summed E-state index contributed by atoms with van der Waals surface area (Å²) in [7, 11) is 2.44. The molecule has 0 spiro atoms. The Morgan fingerprint density at radius 2 is 1.30 bits per heavy atom. The summed E-state index contributed by atoms with van der Waals surface area (Å²) in [4.78, 5) is 35.0. The molecule has 0 fully saturated rings. The molecule has 2 unspecified atom stereocenters. The van der Waals surface area contributed by atoms with E-state index in [0.29, 0.717) is 6.42 Å². The highest BCUT2D eigenvalue weighted by Gasteiger charge is 2.24. The summed E-state index contributed by atoms with van der Waals surface area (Å²) in [5.41, 5.74) is 0. The van der Waals surface area contributed by atoms with Gasteiger partial charge in [0.05, 0.1) is 26.7 Å². The first-order chi connectivity index (χ1) is 15.9. The van der Waals surface area contributed by atoms with E-state index in [2.05, 4.69) is 39.1 Å². The van der Waals surface area contributed by atoms with Crippen molar-refractivity contribution < 1.29 is 29.0 Å². The standard InChI is InChI=1S/C26H45NO6/c1-22(28)19-17-15-13-11-9-7-5-4-6-8-10-12-14-16-18-20-24(29)27-23(26(31)33-3)21-25(30)32-2/h11-14,22-23,28H,4-10,15-21H2,1-3H3,(H,27,29). The topological polar surface area (TPSA) is 102 Å². The summed E-state index contributed by atoms with van der Waals surface area (Å²) in [5.74, 6) is -1.52. The molecule has 0 aromatic carbocycles. The fraction of sp³-hybridized carbons (Fsp3) is 0.731. The summed E-state index contributed by atoms with van der Waals surface area (Å²) in [6, 6.07) is -1.01. The number of rotatable bonds is 20. The van der Waals surface area contributed by atoms with Gasteiger partial charge in [-0.25, -0.2) is 4.79 Å². The van der Waals surface area contributed by atoms with Gasteiger partial charge in [-0.15, -0.1) is 0 Å². The van der Waals surface area contributed by atoms with Gasteiger partial charge in [0.2, 0.25) is 5.91 Å². The SMILES string of the molecule is COC(=O)CC(NC(=O)CCCC=CCCCCCCCC=CCCCC(C)O)C(=O)OC. The highest BCUT2D eigenvalue weighted by molar-refractivity contribution is 5.87. The molecular formula is C26H45NO6. The summed E-state index contributed by atoms with van der Waals surface area (Å²) >= 11 is 0. The number of aliphatic hydroxyl groups excluding tert-OH is 1. The van der Waals surface area contributed by atoms with Gasteiger partial charge in [-0.2, -0.15) is 0 Å². The number of ether oxygens (including phenoxy) is 2. The fourth-order valence-corrected chi connectivity index (χ4v) is 3.29. The molecule has 0 saturated heterocycles. The van der Waals surface area contributed by atoms with Crippen molar-refractivity contribution in [2.45, 2.75) is 109 Å². The van der Waals surface area contributed by atoms with Crippen LogP contribution in [0.4, 0.5) is 0 Å². The van der Waals surface area contributed by atoms with Crippen LogP contribution in [0, 0.1) is 0 Å². The Kier molecular flexibility index (Phi) is 20.3. The minimum atomic E-state index is -1.01. The van der Waals surface area contributed by atoms with Crippen molar-refractivity contribution in [2.75, 3.05) is 14.2 Å². The second kappa shape index (κ2) is 21.7. The molecule has 0 aromatic rings. The summed E-state index contributed by atoms with van der Waals surface area (Å²) in [6.07, 6.45) is 21.5. The molecule has 0 aliphatic heterocycles. The predicted molar refractivity (Wildman–Crippen MR) is 131 cm³/mol. The number of aliphatic hydroxyl groups is 1. The van der Waals surface area contributed by atoms with Crippen molar-refractivity contribution in [3.05, 3.63) is 24.3 Å². The maximum atomic E-state index is 12.0. The Labute approximate surface area is 200 Å². The zero-order valence-electron chi connectivity index (χ0n) is 20.9. The number of amides is 1. The van der Waals surface area contributed by atoms with E-state index in [4.69, 9.17) is 0 Å². The maximum absolute atomic E-state index is 12.0. The molecule has 0 aliphatic carbocycles. The molecule has 0 radical (unpaired) electrons. The molecule has 7 nitrogen and oxygen atoms in total. The lowest BCUT2D eigenvalue weighted by molar-refractivity contribution is -0.150. The van der Waals surface area contributed by atoms with Crippen LogP contribution in [0.2, 0.25) is 0 Å². The predicted octanol–water partition coefficient (Wildman–Crippen LogP) is 4.77. The van der Waals surface area contributed by atoms with Gasteiger partial charge in [0.1, 0.15) is 6.04 Å². The minimum Gasteiger partial charge on any atom is -0.469 e. The Hall–Kier alpha value is -2.15. The molecule has 2 N–H and O–H groups in total. The van der Waals surface area contributed by atoms with Crippen LogP contribution in [0.1, 0.15) is 96.8 Å². The Morgan fingerprint density at radius 1 is 0.788 bits per heavy atom. The number of nitrogens with one attached hydrogen (secondary N) is 1. The average molecular weight is 468 g/mol. The average Bonchev–Trinajstić information content (AvgIpc) is 2.79. The van der Waals surface area contributed by atoms with Gasteiger partial charge in [0.25, 0.3) is 0 Å². The molecule has 0 bridgehead atoms. The van der Waals surface area contributed by atoms with E-state index >= 15 is 0 Å². The van der Waals surface area contributed by atoms with E-state index in [1.54, 1.807) is 0 Å². The Morgan fingerprint density at radius 3 is 1.82 bits per heavy atom. The van der Waals surface area contributed by atoms with Crippen molar-refractivity contribution in [1.82, 2.24) is 5.32 Å². The highest BCUT2D eigenvalue weighted by Crippen LogP contribution is 2.09. The van der Waals surface area contributed by atoms with Crippen molar-refractivity contribution in [2.24, 2.45) is 0 Å². The summed E-state index contributed by atoms with van der Waals surface area (Å²) in [6.45, 7) is 1.84. The van der Waals surface area contributed by atoms with Crippen LogP contribution in [-0.4, -0.2) is 49.3 Å². The van der Waals surface area contributed by atoms with E-state index < -0.39 is 18.0 Å². The number of unbranched alkanes of at least 4 members (excludes halogenated alkanes) is 8. The maximum Gasteiger partial charge on any atom is 0.328 e. The molecule has 0 rings (SSSR count). The monoisotopic (exact) mass is 467 g/mol. The number of carbonyl (C=O) groups is 3. The van der Waals surface area contributed by atoms with Crippen LogP contribution in [0.5, 0.6) is 0 Å². The number of allylic oxidation sites excluding steroid dienone is 4. The largest absolute Gasteiger partial charge is 0.469 e. The summed E-state index contributed by atoms with van der Waals surface area (Å²) in [5, 5.41) is 11.7. The van der Waals surface area contributed by atoms with Crippen molar-refractivity contribution in [3.8, 4) is 0 Å². The normalized spacial score (nSPS) is 13.2. The molecule has 7 heteroatoms. The number of hydrogen-bond donors (Lipinski definition) is 2. The Bertz CT molecular complexity index is 585. The Balaban J connectivity index is 3.66. The zero-order chi connectivity index (χ0) is 24.7. The molecule has 190 valence electrons. The number of methoxy groups -OCH3 is 2. The quantitative estimate of drug-likeness (QED) is 0.152. The lowest BCUT2D eigenvalue weighted by Crippen LogP contribution is -2.43. The minimum absolute atomic E-state index is 0.187. The molecule has 33 heavy (non-hydrogen) atoms. The van der Waals surface area contributed by atoms with Crippen LogP contribution in [0.15, 0.2) is 24.3 Å². The molecule has 0 aromatic heterocycles. The van der Waals surface area contributed by atoms with Crippen LogP contribution in [-0.2, 0) is 23.9 Å². The van der Waals surface area contributed by atoms with Gasteiger partial charge in [-0.05, 0) is 64.7 Å². The first kappa shape index (κ1) is 30.9. The first-order valence-corrected chi connectivity index (χ1v) is 12.3. The lowest BCUT2D eigenvalue weighted by atomic mass is 10.1. The summed E-state index contributed by atoms with van der Waals surface area (Å²) < 4.78 is 9.16. The molecule has 0 aliphatic rings. The van der Waals surface area contributed by atoms with E-state index in [9.17, 15) is 19.5 Å². The van der Waals surface area contributed by atoms with Gasteiger partial charge in [-0.3, -0.25) is 9.59 Å². The van der Waals surface area contributed by atoms with E-state index in [1.807, 2.05) is 6.92 Å². The number of carbonyl (C=O) groups excluding carboxylic acids is 3. The van der Waals surface area contributed by atoms with E-state index in [-0.39, 0.29) is 24.9 Å². The van der Waals surface area contributed by atoms with Crippen LogP contribution < -0.4 is 5.32 Å². The molecule has 0 heterocycles. The number of esters is 2. The van der Waals surface area contributed by atoms with Crippen molar-refractivity contribution >= 4 is 17.8 Å². The smallest absolute Gasteiger partial charge is 0.328 e.